The van der Waals surface area contributed by atoms with Crippen molar-refractivity contribution in [3.05, 3.63) is 35.5 Å². The SMILES string of the molecule is CC[C@H](C)NC(=O)O[C@@H]1CC[C@H](c2cc(NC(=O)Cc3cnc(C(F)(F)F)cn3)n[nH]2)C1. The summed E-state index contributed by atoms with van der Waals surface area (Å²) < 4.78 is 43.1. The smallest absolute Gasteiger partial charge is 0.434 e. The molecule has 0 aliphatic heterocycles. The molecule has 0 unspecified atom stereocenters. The summed E-state index contributed by atoms with van der Waals surface area (Å²) in [6.45, 7) is 3.88. The quantitative estimate of drug-likeness (QED) is 0.588. The molecular weight excluding hydrogens is 429 g/mol. The van der Waals surface area contributed by atoms with E-state index in [1.54, 1.807) is 6.07 Å². The van der Waals surface area contributed by atoms with E-state index in [1.165, 1.54) is 0 Å². The number of ether oxygens (including phenoxy) is 1. The first-order chi connectivity index (χ1) is 15.1. The summed E-state index contributed by atoms with van der Waals surface area (Å²) >= 11 is 0. The van der Waals surface area contributed by atoms with Gasteiger partial charge in [-0.15, -0.1) is 0 Å². The molecule has 3 rings (SSSR count). The van der Waals surface area contributed by atoms with E-state index in [0.29, 0.717) is 18.4 Å². The second kappa shape index (κ2) is 9.96. The van der Waals surface area contributed by atoms with Gasteiger partial charge in [-0.25, -0.2) is 9.78 Å². The number of carbonyl (C=O) groups excluding carboxylic acids is 2. The van der Waals surface area contributed by atoms with Crippen molar-refractivity contribution in [3.63, 3.8) is 0 Å². The summed E-state index contributed by atoms with van der Waals surface area (Å²) in [5, 5.41) is 12.3. The van der Waals surface area contributed by atoms with Gasteiger partial charge >= 0.3 is 12.3 Å². The Morgan fingerprint density at radius 3 is 2.72 bits per heavy atom. The van der Waals surface area contributed by atoms with Crippen LogP contribution in [0, 0.1) is 0 Å². The van der Waals surface area contributed by atoms with Gasteiger partial charge in [0, 0.05) is 29.9 Å². The van der Waals surface area contributed by atoms with Crippen molar-refractivity contribution in [2.45, 2.75) is 70.2 Å². The Kier molecular flexibility index (Phi) is 7.31. The first kappa shape index (κ1) is 23.5. The molecule has 2 aromatic heterocycles. The lowest BCUT2D eigenvalue weighted by atomic mass is 10.0. The fraction of sp³-hybridized carbons (Fsp3) is 0.550. The molecule has 2 heterocycles. The van der Waals surface area contributed by atoms with E-state index in [1.807, 2.05) is 13.8 Å². The molecule has 1 aliphatic rings. The second-order valence-electron chi connectivity index (χ2n) is 7.82. The maximum Gasteiger partial charge on any atom is 0.434 e. The average molecular weight is 454 g/mol. The van der Waals surface area contributed by atoms with Crippen molar-refractivity contribution in [3.8, 4) is 0 Å². The Morgan fingerprint density at radius 1 is 1.28 bits per heavy atom. The fourth-order valence-electron chi connectivity index (χ4n) is 3.37. The van der Waals surface area contributed by atoms with Gasteiger partial charge in [-0.05, 0) is 32.6 Å². The van der Waals surface area contributed by atoms with Crippen molar-refractivity contribution in [1.29, 1.82) is 0 Å². The number of aromatic nitrogens is 4. The third-order valence-electron chi connectivity index (χ3n) is 5.28. The van der Waals surface area contributed by atoms with Crippen LogP contribution in [0.3, 0.4) is 0 Å². The van der Waals surface area contributed by atoms with Crippen LogP contribution in [0.2, 0.25) is 0 Å². The molecule has 2 aromatic rings. The van der Waals surface area contributed by atoms with Crippen LogP contribution < -0.4 is 10.6 Å². The number of nitrogens with zero attached hydrogens (tertiary/aromatic N) is 3. The van der Waals surface area contributed by atoms with Crippen molar-refractivity contribution >= 4 is 17.8 Å². The lowest BCUT2D eigenvalue weighted by Gasteiger charge is -2.16. The van der Waals surface area contributed by atoms with Crippen LogP contribution in [0.4, 0.5) is 23.8 Å². The third-order valence-corrected chi connectivity index (χ3v) is 5.28. The first-order valence-corrected chi connectivity index (χ1v) is 10.3. The largest absolute Gasteiger partial charge is 0.446 e. The second-order valence-corrected chi connectivity index (χ2v) is 7.82. The van der Waals surface area contributed by atoms with Gasteiger partial charge in [-0.2, -0.15) is 18.3 Å². The molecule has 0 radical (unpaired) electrons. The minimum atomic E-state index is -4.58. The highest BCUT2D eigenvalue weighted by atomic mass is 19.4. The van der Waals surface area contributed by atoms with Crippen LogP contribution in [-0.4, -0.2) is 44.3 Å². The van der Waals surface area contributed by atoms with Crippen molar-refractivity contribution in [2.24, 2.45) is 0 Å². The molecule has 0 spiro atoms. The number of rotatable bonds is 7. The van der Waals surface area contributed by atoms with Crippen LogP contribution in [-0.2, 0) is 22.1 Å². The van der Waals surface area contributed by atoms with E-state index in [2.05, 4.69) is 30.8 Å². The van der Waals surface area contributed by atoms with Crippen LogP contribution in [0.5, 0.6) is 0 Å². The minimum absolute atomic E-state index is 0.0482. The van der Waals surface area contributed by atoms with Crippen molar-refractivity contribution in [1.82, 2.24) is 25.5 Å². The number of halogens is 3. The molecule has 1 saturated carbocycles. The fourth-order valence-corrected chi connectivity index (χ4v) is 3.37. The molecule has 2 amide bonds. The number of amides is 2. The van der Waals surface area contributed by atoms with Gasteiger partial charge in [0.2, 0.25) is 5.91 Å². The van der Waals surface area contributed by atoms with E-state index in [0.717, 1.165) is 31.2 Å². The maximum absolute atomic E-state index is 12.5. The summed E-state index contributed by atoms with van der Waals surface area (Å²) in [7, 11) is 0. The van der Waals surface area contributed by atoms with Crippen LogP contribution in [0.15, 0.2) is 18.5 Å². The zero-order valence-corrected chi connectivity index (χ0v) is 17.7. The van der Waals surface area contributed by atoms with Gasteiger partial charge in [0.25, 0.3) is 0 Å². The Labute approximate surface area is 182 Å². The predicted molar refractivity (Wildman–Crippen MR) is 108 cm³/mol. The number of alkyl carbamates (subject to hydrolysis) is 1. The summed E-state index contributed by atoms with van der Waals surface area (Å²) in [5.41, 5.74) is -0.199. The average Bonchev–Trinajstić information content (AvgIpc) is 3.37. The van der Waals surface area contributed by atoms with Crippen LogP contribution >= 0.6 is 0 Å². The number of anilines is 1. The molecule has 32 heavy (non-hydrogen) atoms. The molecule has 12 heteroatoms. The number of H-pyrrole nitrogens is 1. The van der Waals surface area contributed by atoms with Crippen molar-refractivity contribution in [2.75, 3.05) is 5.32 Å². The molecular formula is C20H25F3N6O3. The monoisotopic (exact) mass is 454 g/mol. The zero-order valence-electron chi connectivity index (χ0n) is 17.7. The summed E-state index contributed by atoms with van der Waals surface area (Å²) in [4.78, 5) is 31.0. The molecule has 3 N–H and O–H groups in total. The highest BCUT2D eigenvalue weighted by Crippen LogP contribution is 2.35. The van der Waals surface area contributed by atoms with E-state index < -0.39 is 23.9 Å². The lowest BCUT2D eigenvalue weighted by Crippen LogP contribution is -2.34. The molecule has 9 nitrogen and oxygen atoms in total. The lowest BCUT2D eigenvalue weighted by molar-refractivity contribution is -0.141. The van der Waals surface area contributed by atoms with Gasteiger partial charge in [-0.3, -0.25) is 14.9 Å². The molecule has 3 atom stereocenters. The molecule has 0 aromatic carbocycles. The number of carbonyl (C=O) groups is 2. The van der Waals surface area contributed by atoms with E-state index in [9.17, 15) is 22.8 Å². The van der Waals surface area contributed by atoms with Gasteiger partial charge in [0.05, 0.1) is 18.3 Å². The van der Waals surface area contributed by atoms with E-state index >= 15 is 0 Å². The molecule has 0 bridgehead atoms. The summed E-state index contributed by atoms with van der Waals surface area (Å²) in [6.07, 6.45) is -0.923. The van der Waals surface area contributed by atoms with E-state index in [-0.39, 0.29) is 30.2 Å². The first-order valence-electron chi connectivity index (χ1n) is 10.3. The van der Waals surface area contributed by atoms with Gasteiger partial charge < -0.3 is 15.4 Å². The molecule has 1 fully saturated rings. The predicted octanol–water partition coefficient (Wildman–Crippen LogP) is 3.56. The Bertz CT molecular complexity index is 931. The third kappa shape index (κ3) is 6.41. The maximum atomic E-state index is 12.5. The zero-order chi connectivity index (χ0) is 23.3. The minimum Gasteiger partial charge on any atom is -0.446 e. The Morgan fingerprint density at radius 2 is 2.06 bits per heavy atom. The number of nitrogens with one attached hydrogen (secondary N) is 3. The highest BCUT2D eigenvalue weighted by molar-refractivity contribution is 5.91. The van der Waals surface area contributed by atoms with E-state index in [4.69, 9.17) is 4.74 Å². The standard InChI is InChI=1S/C20H25F3N6O3/c1-3-11(2)26-19(31)32-14-5-4-12(6-14)15-8-17(29-28-15)27-18(30)7-13-9-25-16(10-24-13)20(21,22)23/h8-12,14H,3-7H2,1-2H3,(H,26,31)(H2,27,28,29,30)/t11-,12-,14+/m0/s1. The van der Waals surface area contributed by atoms with Crippen molar-refractivity contribution < 1.29 is 27.5 Å². The molecule has 174 valence electrons. The van der Waals surface area contributed by atoms with Crippen LogP contribution in [0.1, 0.15) is 62.5 Å². The van der Waals surface area contributed by atoms with Crippen LogP contribution in [0.25, 0.3) is 0 Å². The number of aromatic amines is 1. The molecule has 1 aliphatic carbocycles. The van der Waals surface area contributed by atoms with Gasteiger partial charge in [-0.1, -0.05) is 6.92 Å². The summed E-state index contributed by atoms with van der Waals surface area (Å²) in [6, 6.07) is 1.75. The topological polar surface area (TPSA) is 122 Å². The number of hydrogen-bond acceptors (Lipinski definition) is 6. The van der Waals surface area contributed by atoms with Gasteiger partial charge in [0.15, 0.2) is 11.5 Å². The Hall–Kier alpha value is -3.18. The number of hydrogen-bond donors (Lipinski definition) is 3. The normalized spacial score (nSPS) is 19.4. The Balaban J connectivity index is 1.48. The van der Waals surface area contributed by atoms with Gasteiger partial charge in [0.1, 0.15) is 6.10 Å². The highest BCUT2D eigenvalue weighted by Gasteiger charge is 2.33. The molecule has 0 saturated heterocycles. The summed E-state index contributed by atoms with van der Waals surface area (Å²) in [5.74, 6) is -0.0782. The number of alkyl halides is 3.